The summed E-state index contributed by atoms with van der Waals surface area (Å²) in [5.74, 6) is -1.66. The van der Waals surface area contributed by atoms with E-state index in [1.54, 1.807) is 71.2 Å². The molecule has 15 heteroatoms. The monoisotopic (exact) mass is 853 g/mol. The van der Waals surface area contributed by atoms with Crippen LogP contribution in [-0.4, -0.2) is 110 Å². The maximum Gasteiger partial charge on any atom is 0.405 e. The number of primary amides is 1. The summed E-state index contributed by atoms with van der Waals surface area (Å²) in [4.78, 5) is 43.7. The lowest BCUT2D eigenvalue weighted by atomic mass is 9.91. The summed E-state index contributed by atoms with van der Waals surface area (Å²) in [6.07, 6.45) is 3.47. The van der Waals surface area contributed by atoms with E-state index in [1.807, 2.05) is 24.3 Å². The second kappa shape index (κ2) is 21.6. The molecule has 332 valence electrons. The number of phenolic OH excluding ortho intramolecular Hbond substituents is 2. The number of nitrogens with two attached hydrogens (primary N) is 1. The number of phenols is 2. The van der Waals surface area contributed by atoms with Crippen LogP contribution in [0.3, 0.4) is 0 Å². The van der Waals surface area contributed by atoms with Crippen LogP contribution < -0.4 is 26.0 Å². The first-order valence-electron chi connectivity index (χ1n) is 20.4. The highest BCUT2D eigenvalue weighted by Gasteiger charge is 2.29. The van der Waals surface area contributed by atoms with E-state index in [0.29, 0.717) is 23.3 Å². The van der Waals surface area contributed by atoms with Gasteiger partial charge in [0.25, 0.3) is 11.8 Å². The number of amides is 3. The normalized spacial score (nSPS) is 24.4. The summed E-state index contributed by atoms with van der Waals surface area (Å²) in [6, 6.07) is 16.4. The largest absolute Gasteiger partial charge is 0.506 e. The number of carbonyl (C=O) groups excluding carboxylic acids is 3. The van der Waals surface area contributed by atoms with Crippen LogP contribution in [0.25, 0.3) is 6.08 Å². The van der Waals surface area contributed by atoms with E-state index in [2.05, 4.69) is 32.6 Å². The van der Waals surface area contributed by atoms with Gasteiger partial charge in [0, 0.05) is 81.3 Å². The number of nitrogens with one attached hydrogen (secondary N) is 2. The van der Waals surface area contributed by atoms with Crippen LogP contribution in [0.1, 0.15) is 55.6 Å². The number of benzene rings is 3. The lowest BCUT2D eigenvalue weighted by molar-refractivity contribution is -0.112. The summed E-state index contributed by atoms with van der Waals surface area (Å²) >= 11 is 0. The molecular formula is C47H59N5O10. The molecule has 2 aliphatic rings. The molecule has 3 aromatic rings. The molecule has 1 fully saturated rings. The van der Waals surface area contributed by atoms with Gasteiger partial charge in [-0.05, 0) is 80.8 Å². The van der Waals surface area contributed by atoms with Crippen LogP contribution in [0.4, 0.5) is 21.9 Å². The van der Waals surface area contributed by atoms with Crippen molar-refractivity contribution in [2.75, 3.05) is 63.0 Å². The number of allylic oxidation sites excluding steroid dienone is 2. The number of aliphatic hydroxyl groups is 1. The van der Waals surface area contributed by atoms with Crippen molar-refractivity contribution in [3.05, 3.63) is 112 Å². The molecular weight excluding hydrogens is 795 g/mol. The van der Waals surface area contributed by atoms with Gasteiger partial charge in [0.1, 0.15) is 23.4 Å². The number of methoxy groups -OCH3 is 3. The lowest BCUT2D eigenvalue weighted by Crippen LogP contribution is -2.45. The Morgan fingerprint density at radius 3 is 2.24 bits per heavy atom. The van der Waals surface area contributed by atoms with Crippen molar-refractivity contribution in [3.8, 4) is 17.2 Å². The third-order valence-electron chi connectivity index (χ3n) is 11.2. The van der Waals surface area contributed by atoms with Crippen molar-refractivity contribution in [1.29, 1.82) is 0 Å². The van der Waals surface area contributed by atoms with E-state index < -0.39 is 59.7 Å². The van der Waals surface area contributed by atoms with E-state index in [4.69, 9.17) is 24.7 Å². The van der Waals surface area contributed by atoms with Crippen LogP contribution in [0.15, 0.2) is 95.6 Å². The minimum Gasteiger partial charge on any atom is -0.506 e. The molecule has 62 heavy (non-hydrogen) atoms. The molecule has 0 aromatic heterocycles. The standard InChI is InChI=1S/C47H59N5O10/c1-28-23-36-41(50-46(57)33-13-11-32(12-14-33)27-51-19-21-52(22-20-51)34-15-17-35(59-5)18-16-34)38(53)26-37(43(36)55)49-45(56)29(2)9-8-10-39(60-6)44(62-47(48)58)31(4)25-30(3)42(54)40(24-28)61-7/h8-18,23,25-26,30,39-40,42,44,53-55H,19-22,24,27H2,1-7H3,(H2,48,58)(H,49,56)(H,50,57)/b10-8?,28-23+,29-9+,31-25+/t30-,39-,40-,42+,44-/m0/s1. The van der Waals surface area contributed by atoms with Gasteiger partial charge < -0.3 is 55.5 Å². The minimum atomic E-state index is -1.06. The fourth-order valence-electron chi connectivity index (χ4n) is 7.57. The van der Waals surface area contributed by atoms with Gasteiger partial charge in [-0.25, -0.2) is 4.79 Å². The quantitative estimate of drug-likeness (QED) is 0.0790. The highest BCUT2D eigenvalue weighted by atomic mass is 16.6. The van der Waals surface area contributed by atoms with Crippen molar-refractivity contribution in [2.45, 2.75) is 65.1 Å². The smallest absolute Gasteiger partial charge is 0.405 e. The van der Waals surface area contributed by atoms with Crippen LogP contribution in [0, 0.1) is 5.92 Å². The van der Waals surface area contributed by atoms with Gasteiger partial charge in [0.2, 0.25) is 0 Å². The Morgan fingerprint density at radius 2 is 1.63 bits per heavy atom. The second-order valence-corrected chi connectivity index (χ2v) is 15.7. The van der Waals surface area contributed by atoms with Gasteiger partial charge in [-0.15, -0.1) is 0 Å². The Bertz CT molecular complexity index is 2180. The van der Waals surface area contributed by atoms with Crippen molar-refractivity contribution in [2.24, 2.45) is 11.7 Å². The summed E-state index contributed by atoms with van der Waals surface area (Å²) in [7, 11) is 4.54. The number of rotatable bonds is 9. The third kappa shape index (κ3) is 12.0. The molecule has 3 aromatic carbocycles. The summed E-state index contributed by atoms with van der Waals surface area (Å²) < 4.78 is 22.0. The Labute approximate surface area is 363 Å². The fraction of sp³-hybridized carbons (Fsp3) is 0.383. The average Bonchev–Trinajstić information content (AvgIpc) is 3.26. The predicted octanol–water partition coefficient (Wildman–Crippen LogP) is 6.37. The third-order valence-corrected chi connectivity index (χ3v) is 11.2. The van der Waals surface area contributed by atoms with E-state index in [9.17, 15) is 29.7 Å². The summed E-state index contributed by atoms with van der Waals surface area (Å²) in [5, 5.41) is 40.0. The lowest BCUT2D eigenvalue weighted by Gasteiger charge is -2.36. The number of aliphatic hydroxyl groups excluding tert-OH is 1. The van der Waals surface area contributed by atoms with Gasteiger partial charge in [0.15, 0.2) is 6.10 Å². The molecule has 5 atom stereocenters. The van der Waals surface area contributed by atoms with Crippen molar-refractivity contribution < 1.29 is 48.7 Å². The summed E-state index contributed by atoms with van der Waals surface area (Å²) in [5.41, 5.74) is 9.12. The zero-order chi connectivity index (χ0) is 45.1. The molecule has 0 unspecified atom stereocenters. The predicted molar refractivity (Wildman–Crippen MR) is 239 cm³/mol. The molecule has 2 bridgehead atoms. The molecule has 0 radical (unpaired) electrons. The number of hydrogen-bond acceptors (Lipinski definition) is 12. The number of carbonyl (C=O) groups is 3. The van der Waals surface area contributed by atoms with Crippen molar-refractivity contribution in [3.63, 3.8) is 0 Å². The molecule has 0 aliphatic carbocycles. The fourth-order valence-corrected chi connectivity index (χ4v) is 7.57. The van der Waals surface area contributed by atoms with Crippen LogP contribution >= 0.6 is 0 Å². The summed E-state index contributed by atoms with van der Waals surface area (Å²) in [6.45, 7) is 11.0. The topological polar surface area (TPSA) is 205 Å². The van der Waals surface area contributed by atoms with Crippen molar-refractivity contribution in [1.82, 2.24) is 4.90 Å². The molecule has 7 N–H and O–H groups in total. The number of piperazine rings is 1. The van der Waals surface area contributed by atoms with Gasteiger partial charge in [-0.3, -0.25) is 14.5 Å². The van der Waals surface area contributed by atoms with Crippen LogP contribution in [0.5, 0.6) is 17.2 Å². The van der Waals surface area contributed by atoms with Crippen LogP contribution in [-0.2, 0) is 25.5 Å². The Morgan fingerprint density at radius 1 is 0.952 bits per heavy atom. The Kier molecular flexibility index (Phi) is 16.3. The zero-order valence-electron chi connectivity index (χ0n) is 36.4. The van der Waals surface area contributed by atoms with Gasteiger partial charge in [-0.2, -0.15) is 0 Å². The first kappa shape index (κ1) is 46.9. The molecule has 5 rings (SSSR count). The van der Waals surface area contributed by atoms with Gasteiger partial charge >= 0.3 is 6.09 Å². The Hall–Kier alpha value is -6.13. The SMILES string of the molecule is COc1ccc(N2CCN(Cc3ccc(C(=O)Nc4c(O)cc5c(O)c4/C=C(\C)C[C@H](OC)[C@H](O)[C@@H](C)/C=C(\C)[C@H](OC(N)=O)[C@@H](OC)C=C/C=C(\C)C(=O)N5)cc3)CC2)cc1. The first-order chi connectivity index (χ1) is 29.6. The molecule has 0 saturated carbocycles. The van der Waals surface area contributed by atoms with Crippen molar-refractivity contribution >= 4 is 41.0 Å². The van der Waals surface area contributed by atoms with Gasteiger partial charge in [-0.1, -0.05) is 48.9 Å². The van der Waals surface area contributed by atoms with E-state index in [0.717, 1.165) is 49.2 Å². The first-order valence-corrected chi connectivity index (χ1v) is 20.4. The van der Waals surface area contributed by atoms with E-state index in [-0.39, 0.29) is 28.9 Å². The highest BCUT2D eigenvalue weighted by molar-refractivity contribution is 6.09. The molecule has 15 nitrogen and oxygen atoms in total. The zero-order valence-corrected chi connectivity index (χ0v) is 36.4. The highest BCUT2D eigenvalue weighted by Crippen LogP contribution is 2.43. The maximum atomic E-state index is 13.8. The number of ether oxygens (including phenoxy) is 4. The number of hydrogen-bond donors (Lipinski definition) is 6. The number of nitrogens with zero attached hydrogens (tertiary/aromatic N) is 2. The second-order valence-electron chi connectivity index (χ2n) is 15.7. The Balaban J connectivity index is 1.40. The van der Waals surface area contributed by atoms with E-state index >= 15 is 0 Å². The molecule has 2 aliphatic heterocycles. The molecule has 0 spiro atoms. The maximum absolute atomic E-state index is 13.8. The number of anilines is 3. The van der Waals surface area contributed by atoms with Gasteiger partial charge in [0.05, 0.1) is 30.7 Å². The average molecular weight is 854 g/mol. The van der Waals surface area contributed by atoms with Crippen LogP contribution in [0.2, 0.25) is 0 Å². The number of aromatic hydroxyl groups is 2. The minimum absolute atomic E-state index is 0.0264. The van der Waals surface area contributed by atoms with E-state index in [1.165, 1.54) is 20.3 Å². The molecule has 3 amide bonds. The molecule has 1 saturated heterocycles. The molecule has 2 heterocycles. The number of fused-ring (bicyclic) bond motifs is 2.